The van der Waals surface area contributed by atoms with Gasteiger partial charge in [0.1, 0.15) is 0 Å². The predicted molar refractivity (Wildman–Crippen MR) is 56.5 cm³/mol. The van der Waals surface area contributed by atoms with Crippen LogP contribution in [0.25, 0.3) is 0 Å². The monoisotopic (exact) mass is 266 g/mol. The Hall–Kier alpha value is -1.79. The Labute approximate surface area is 102 Å². The van der Waals surface area contributed by atoms with Crippen LogP contribution in [0.1, 0.15) is 13.8 Å². The summed E-state index contributed by atoms with van der Waals surface area (Å²) in [6, 6.07) is 0. The number of hydrogen-bond acceptors (Lipinski definition) is 4. The van der Waals surface area contributed by atoms with Crippen LogP contribution in [-0.2, 0) is 19.1 Å². The molecule has 0 aliphatic carbocycles. The zero-order valence-corrected chi connectivity index (χ0v) is 10.1. The van der Waals surface area contributed by atoms with E-state index in [0.29, 0.717) is 0 Å². The number of carbonyl (C=O) groups excluding carboxylic acids is 2. The third-order valence-electron chi connectivity index (χ3n) is 1.78. The number of halogens is 3. The maximum atomic E-state index is 11.8. The topological polar surface area (TPSA) is 52.6 Å². The Morgan fingerprint density at radius 1 is 1.06 bits per heavy atom. The van der Waals surface area contributed by atoms with Crippen molar-refractivity contribution in [2.75, 3.05) is 13.7 Å². The van der Waals surface area contributed by atoms with E-state index >= 15 is 0 Å². The lowest BCUT2D eigenvalue weighted by molar-refractivity contribution is -0.183. The number of esters is 2. The molecule has 0 aliphatic heterocycles. The van der Waals surface area contributed by atoms with Crippen molar-refractivity contribution in [1.82, 2.24) is 0 Å². The van der Waals surface area contributed by atoms with Crippen molar-refractivity contribution in [3.8, 4) is 0 Å². The normalized spacial score (nSPS) is 13.2. The smallest absolute Gasteiger partial charge is 0.422 e. The van der Waals surface area contributed by atoms with Gasteiger partial charge in [0.25, 0.3) is 0 Å². The van der Waals surface area contributed by atoms with Crippen LogP contribution in [0, 0.1) is 0 Å². The van der Waals surface area contributed by atoms with Gasteiger partial charge in [-0.05, 0) is 13.8 Å². The van der Waals surface area contributed by atoms with Crippen molar-refractivity contribution in [3.05, 3.63) is 23.3 Å². The molecule has 0 aliphatic rings. The highest BCUT2D eigenvalue weighted by Crippen LogP contribution is 2.15. The van der Waals surface area contributed by atoms with E-state index in [-0.39, 0.29) is 11.1 Å². The highest BCUT2D eigenvalue weighted by molar-refractivity contribution is 5.90. The van der Waals surface area contributed by atoms with Crippen LogP contribution in [0.3, 0.4) is 0 Å². The third-order valence-corrected chi connectivity index (χ3v) is 1.78. The summed E-state index contributed by atoms with van der Waals surface area (Å²) in [6.07, 6.45) is -2.12. The lowest BCUT2D eigenvalue weighted by Gasteiger charge is -2.07. The van der Waals surface area contributed by atoms with E-state index in [9.17, 15) is 22.8 Å². The van der Waals surface area contributed by atoms with E-state index in [2.05, 4.69) is 9.47 Å². The van der Waals surface area contributed by atoms with Crippen LogP contribution in [0.2, 0.25) is 0 Å². The average molecular weight is 266 g/mol. The molecule has 0 unspecified atom stereocenters. The summed E-state index contributed by atoms with van der Waals surface area (Å²) in [5.74, 6) is -1.69. The molecule has 0 bridgehead atoms. The molecule has 0 fully saturated rings. The lowest BCUT2D eigenvalue weighted by Crippen LogP contribution is -2.20. The average Bonchev–Trinajstić information content (AvgIpc) is 2.30. The Morgan fingerprint density at radius 3 is 1.89 bits per heavy atom. The Kier molecular flexibility index (Phi) is 6.15. The molecular formula is C11H13F3O4. The van der Waals surface area contributed by atoms with Crippen LogP contribution < -0.4 is 0 Å². The van der Waals surface area contributed by atoms with Crippen molar-refractivity contribution >= 4 is 11.9 Å². The minimum Gasteiger partial charge on any atom is -0.466 e. The molecule has 0 spiro atoms. The third kappa shape index (κ3) is 6.72. The van der Waals surface area contributed by atoms with E-state index in [0.717, 1.165) is 0 Å². The summed E-state index contributed by atoms with van der Waals surface area (Å²) in [4.78, 5) is 22.1. The van der Waals surface area contributed by atoms with Gasteiger partial charge in [0.2, 0.25) is 0 Å². The molecule has 0 aromatic heterocycles. The maximum absolute atomic E-state index is 11.8. The molecule has 0 aromatic carbocycles. The Balaban J connectivity index is 4.51. The largest absolute Gasteiger partial charge is 0.466 e. The molecule has 7 heteroatoms. The maximum Gasteiger partial charge on any atom is 0.422 e. The van der Waals surface area contributed by atoms with Crippen molar-refractivity contribution in [3.63, 3.8) is 0 Å². The van der Waals surface area contributed by atoms with E-state index in [1.54, 1.807) is 0 Å². The van der Waals surface area contributed by atoms with Crippen LogP contribution in [0.15, 0.2) is 23.3 Å². The second-order valence-electron chi connectivity index (χ2n) is 3.38. The molecule has 102 valence electrons. The molecule has 0 N–H and O–H groups in total. The van der Waals surface area contributed by atoms with E-state index in [4.69, 9.17) is 0 Å². The van der Waals surface area contributed by atoms with Crippen molar-refractivity contribution < 1.29 is 32.2 Å². The van der Waals surface area contributed by atoms with Crippen LogP contribution in [-0.4, -0.2) is 31.8 Å². The minimum absolute atomic E-state index is 0.0532. The first-order valence-electron chi connectivity index (χ1n) is 4.84. The van der Waals surface area contributed by atoms with Crippen LogP contribution in [0.4, 0.5) is 13.2 Å². The molecule has 0 radical (unpaired) electrons. The Morgan fingerprint density at radius 2 is 1.50 bits per heavy atom. The van der Waals surface area contributed by atoms with Gasteiger partial charge in [-0.2, -0.15) is 13.2 Å². The fourth-order valence-corrected chi connectivity index (χ4v) is 0.808. The predicted octanol–water partition coefficient (Wildman–Crippen LogP) is 2.16. The summed E-state index contributed by atoms with van der Waals surface area (Å²) in [5.41, 5.74) is 0.156. The second kappa shape index (κ2) is 6.83. The first-order chi connectivity index (χ1) is 8.17. The standard InChI is InChI=1S/C11H13F3O4/c1-7(9(15)17-3)4-5-8(2)10(16)18-6-11(12,13)14/h4-5H,6H2,1-3H3/b7-4+,8-5+. The van der Waals surface area contributed by atoms with Gasteiger partial charge in [-0.3, -0.25) is 0 Å². The number of alkyl halides is 3. The molecule has 0 aromatic rings. The number of methoxy groups -OCH3 is 1. The summed E-state index contributed by atoms with van der Waals surface area (Å²) < 4.78 is 43.7. The van der Waals surface area contributed by atoms with Gasteiger partial charge in [0, 0.05) is 11.1 Å². The molecule has 0 rings (SSSR count). The molecule has 0 heterocycles. The fourth-order valence-electron chi connectivity index (χ4n) is 0.808. The summed E-state index contributed by atoms with van der Waals surface area (Å²) in [5, 5.41) is 0. The van der Waals surface area contributed by atoms with E-state index < -0.39 is 24.7 Å². The molecule has 0 amide bonds. The second-order valence-corrected chi connectivity index (χ2v) is 3.38. The van der Waals surface area contributed by atoms with Gasteiger partial charge in [-0.1, -0.05) is 12.2 Å². The zero-order chi connectivity index (χ0) is 14.3. The van der Waals surface area contributed by atoms with Gasteiger partial charge in [-0.15, -0.1) is 0 Å². The highest BCUT2D eigenvalue weighted by Gasteiger charge is 2.29. The number of hydrogen-bond donors (Lipinski definition) is 0. The molecule has 18 heavy (non-hydrogen) atoms. The van der Waals surface area contributed by atoms with Gasteiger partial charge in [0.05, 0.1) is 7.11 Å². The SMILES string of the molecule is COC(=O)/C(C)=C/C=C(\C)C(=O)OCC(F)(F)F. The molecule has 0 saturated carbocycles. The summed E-state index contributed by atoms with van der Waals surface area (Å²) >= 11 is 0. The van der Waals surface area contributed by atoms with Gasteiger partial charge in [0.15, 0.2) is 6.61 Å². The molecule has 0 saturated heterocycles. The number of rotatable bonds is 4. The molecule has 4 nitrogen and oxygen atoms in total. The minimum atomic E-state index is -4.56. The highest BCUT2D eigenvalue weighted by atomic mass is 19.4. The lowest BCUT2D eigenvalue weighted by atomic mass is 10.2. The first-order valence-corrected chi connectivity index (χ1v) is 4.84. The fraction of sp³-hybridized carbons (Fsp3) is 0.455. The van der Waals surface area contributed by atoms with Crippen LogP contribution in [0.5, 0.6) is 0 Å². The number of allylic oxidation sites excluding steroid dienone is 2. The van der Waals surface area contributed by atoms with Crippen molar-refractivity contribution in [2.24, 2.45) is 0 Å². The zero-order valence-electron chi connectivity index (χ0n) is 10.1. The molecular weight excluding hydrogens is 253 g/mol. The molecule has 0 atom stereocenters. The van der Waals surface area contributed by atoms with Gasteiger partial charge < -0.3 is 9.47 Å². The number of carbonyl (C=O) groups is 2. The van der Waals surface area contributed by atoms with Gasteiger partial charge >= 0.3 is 18.1 Å². The number of ether oxygens (including phenoxy) is 2. The summed E-state index contributed by atoms with van der Waals surface area (Å²) in [7, 11) is 1.19. The van der Waals surface area contributed by atoms with E-state index in [1.807, 2.05) is 0 Å². The first kappa shape index (κ1) is 16.2. The van der Waals surface area contributed by atoms with Crippen molar-refractivity contribution in [2.45, 2.75) is 20.0 Å². The van der Waals surface area contributed by atoms with Crippen molar-refractivity contribution in [1.29, 1.82) is 0 Å². The summed E-state index contributed by atoms with van der Waals surface area (Å²) in [6.45, 7) is 1.08. The van der Waals surface area contributed by atoms with Crippen LogP contribution >= 0.6 is 0 Å². The van der Waals surface area contributed by atoms with E-state index in [1.165, 1.54) is 33.1 Å². The van der Waals surface area contributed by atoms with Gasteiger partial charge in [-0.25, -0.2) is 9.59 Å². The quantitative estimate of drug-likeness (QED) is 0.444. The Bertz CT molecular complexity index is 380.